The van der Waals surface area contributed by atoms with Gasteiger partial charge in [-0.15, -0.1) is 0 Å². The molecule has 0 aromatic heterocycles. The molecule has 4 bridgehead atoms. The van der Waals surface area contributed by atoms with Crippen molar-refractivity contribution in [3.63, 3.8) is 0 Å². The molecule has 184 valence electrons. The average Bonchev–Trinajstić information content (AvgIpc) is 2.92. The fourth-order valence-corrected chi connectivity index (χ4v) is 6.88. The third kappa shape index (κ3) is 2.53. The minimum absolute atomic E-state index is 0.0986. The van der Waals surface area contributed by atoms with Gasteiger partial charge in [-0.1, -0.05) is 62.4 Å². The smallest absolute Gasteiger partial charge is 0.226 e. The van der Waals surface area contributed by atoms with Crippen LogP contribution in [0.25, 0.3) is 0 Å². The molecule has 5 rings (SSSR count). The molecule has 0 saturated carbocycles. The highest BCUT2D eigenvalue weighted by Gasteiger charge is 2.75. The number of carbonyl (C=O) groups excluding carboxylic acids is 2. The van der Waals surface area contributed by atoms with E-state index in [-0.39, 0.29) is 24.7 Å². The second-order valence-electron chi connectivity index (χ2n) is 9.36. The summed E-state index contributed by atoms with van der Waals surface area (Å²) in [6.07, 6.45) is -1.51. The first-order valence-corrected chi connectivity index (χ1v) is 12.2. The Labute approximate surface area is 210 Å². The Kier molecular flexibility index (Phi) is 5.63. The number of methoxy groups -OCH3 is 2. The van der Waals surface area contributed by atoms with Gasteiger partial charge >= 0.3 is 0 Å². The highest BCUT2D eigenvalue weighted by Crippen LogP contribution is 2.65. The number of hydrogen-bond donors (Lipinski definition) is 0. The van der Waals surface area contributed by atoms with Crippen LogP contribution in [0.2, 0.25) is 0 Å². The van der Waals surface area contributed by atoms with Crippen molar-refractivity contribution in [3.05, 3.63) is 70.8 Å². The van der Waals surface area contributed by atoms with Crippen LogP contribution < -0.4 is 0 Å². The summed E-state index contributed by atoms with van der Waals surface area (Å²) in [5.74, 6) is -1.59. The zero-order chi connectivity index (χ0) is 25.8. The fraction of sp³-hybridized carbons (Fsp3) is 0.429. The minimum Gasteiger partial charge on any atom is -0.361 e. The predicted molar refractivity (Wildman–Crippen MR) is 129 cm³/mol. The summed E-state index contributed by atoms with van der Waals surface area (Å²) >= 11 is 0. The summed E-state index contributed by atoms with van der Waals surface area (Å²) in [5, 5.41) is 22.4. The van der Waals surface area contributed by atoms with Crippen molar-refractivity contribution >= 4 is 11.8 Å². The van der Waals surface area contributed by atoms with Crippen LogP contribution in [0, 0.1) is 22.7 Å². The van der Waals surface area contributed by atoms with E-state index in [2.05, 4.69) is 12.1 Å². The molecule has 2 aromatic rings. The van der Waals surface area contributed by atoms with Crippen LogP contribution in [0.5, 0.6) is 0 Å². The topological polar surface area (TPSA) is 107 Å². The number of carbonyl (C=O) groups is 2. The van der Waals surface area contributed by atoms with Crippen molar-refractivity contribution < 1.29 is 19.1 Å². The fourth-order valence-electron chi connectivity index (χ4n) is 6.88. The standard InChI is InChI=1S/C28H28N4O4/c1-5-21(33)31-25(35-3)23-17-11-7-9-13-19(17)27(31,15-29)28(16-30)20-14-10-8-12-18(20)24(23)26(36-4)32(28)22(34)6-2/h7-14,23-26H,5-6H2,1-4H3/t23-,24+,25-,26+,27+,28-. The molecule has 3 aliphatic rings. The van der Waals surface area contributed by atoms with E-state index in [1.54, 1.807) is 38.1 Å². The first kappa shape index (κ1) is 24.0. The third-order valence-electron chi connectivity index (χ3n) is 8.12. The Morgan fingerprint density at radius 3 is 1.44 bits per heavy atom. The lowest BCUT2D eigenvalue weighted by Gasteiger charge is -2.66. The molecule has 0 unspecified atom stereocenters. The van der Waals surface area contributed by atoms with Crippen molar-refractivity contribution in [1.82, 2.24) is 9.80 Å². The molecule has 0 saturated heterocycles. The van der Waals surface area contributed by atoms with Crippen molar-refractivity contribution in [2.24, 2.45) is 0 Å². The largest absolute Gasteiger partial charge is 0.361 e. The molecular formula is C28H28N4O4. The zero-order valence-electron chi connectivity index (χ0n) is 20.8. The molecule has 36 heavy (non-hydrogen) atoms. The molecule has 0 N–H and O–H groups in total. The Bertz CT molecular complexity index is 1230. The van der Waals surface area contributed by atoms with E-state index >= 15 is 0 Å². The van der Waals surface area contributed by atoms with Crippen molar-refractivity contribution in [2.45, 2.75) is 62.1 Å². The van der Waals surface area contributed by atoms with Gasteiger partial charge in [-0.2, -0.15) is 10.5 Å². The van der Waals surface area contributed by atoms with E-state index in [9.17, 15) is 20.1 Å². The summed E-state index contributed by atoms with van der Waals surface area (Å²) in [4.78, 5) is 30.4. The maximum atomic E-state index is 13.8. The number of ether oxygens (including phenoxy) is 2. The maximum absolute atomic E-state index is 13.8. The van der Waals surface area contributed by atoms with Crippen molar-refractivity contribution in [1.29, 1.82) is 10.5 Å². The Morgan fingerprint density at radius 2 is 1.14 bits per heavy atom. The Morgan fingerprint density at radius 1 is 0.778 bits per heavy atom. The Balaban J connectivity index is 2.09. The highest BCUT2D eigenvalue weighted by atomic mass is 16.5. The van der Waals surface area contributed by atoms with Gasteiger partial charge in [-0.05, 0) is 22.3 Å². The monoisotopic (exact) mass is 484 g/mol. The van der Waals surface area contributed by atoms with Gasteiger partial charge in [0.15, 0.2) is 11.1 Å². The quantitative estimate of drug-likeness (QED) is 0.658. The molecule has 8 nitrogen and oxygen atoms in total. The first-order valence-electron chi connectivity index (χ1n) is 12.2. The molecular weight excluding hydrogens is 456 g/mol. The molecule has 2 heterocycles. The van der Waals surface area contributed by atoms with Gasteiger partial charge in [0.1, 0.15) is 24.6 Å². The number of nitrogens with zero attached hydrogens (tertiary/aromatic N) is 4. The van der Waals surface area contributed by atoms with Gasteiger partial charge in [-0.25, -0.2) is 0 Å². The first-order chi connectivity index (χ1) is 17.4. The lowest BCUT2D eigenvalue weighted by Crippen LogP contribution is -2.78. The molecule has 8 heteroatoms. The van der Waals surface area contributed by atoms with Gasteiger partial charge in [-0.3, -0.25) is 19.4 Å². The average molecular weight is 485 g/mol. The van der Waals surface area contributed by atoms with Gasteiger partial charge < -0.3 is 9.47 Å². The highest BCUT2D eigenvalue weighted by molar-refractivity contribution is 5.84. The van der Waals surface area contributed by atoms with Crippen LogP contribution in [0.15, 0.2) is 48.5 Å². The Hall–Kier alpha value is -3.72. The maximum Gasteiger partial charge on any atom is 0.226 e. The predicted octanol–water partition coefficient (Wildman–Crippen LogP) is 3.45. The molecule has 1 aliphatic carbocycles. The SMILES string of the molecule is CCC(=O)N1[C@@H](OC)[C@H]2c3ccccc3[C@]1(C#N)[C@]1(C#N)c3ccccc3[C@H]2[C@@H](OC)N1C(=O)CC. The van der Waals surface area contributed by atoms with Gasteiger partial charge in [0.2, 0.25) is 11.8 Å². The van der Waals surface area contributed by atoms with E-state index in [1.807, 2.05) is 24.3 Å². The summed E-state index contributed by atoms with van der Waals surface area (Å²) in [6, 6.07) is 19.7. The van der Waals surface area contributed by atoms with Gasteiger partial charge in [0.05, 0.1) is 0 Å². The summed E-state index contributed by atoms with van der Waals surface area (Å²) < 4.78 is 12.1. The van der Waals surface area contributed by atoms with E-state index in [1.165, 1.54) is 24.0 Å². The van der Waals surface area contributed by atoms with E-state index in [0.717, 1.165) is 11.1 Å². The van der Waals surface area contributed by atoms with Gasteiger partial charge in [0, 0.05) is 38.9 Å². The molecule has 0 fully saturated rings. The lowest BCUT2D eigenvalue weighted by molar-refractivity contribution is -0.220. The molecule has 2 aliphatic heterocycles. The zero-order valence-corrected chi connectivity index (χ0v) is 20.8. The second-order valence-corrected chi connectivity index (χ2v) is 9.36. The molecule has 0 spiro atoms. The van der Waals surface area contributed by atoms with E-state index in [4.69, 9.17) is 9.47 Å². The summed E-state index contributed by atoms with van der Waals surface area (Å²) in [6.45, 7) is 3.44. The third-order valence-corrected chi connectivity index (χ3v) is 8.12. The van der Waals surface area contributed by atoms with Crippen LogP contribution in [-0.4, -0.2) is 48.3 Å². The van der Waals surface area contributed by atoms with Crippen LogP contribution in [0.3, 0.4) is 0 Å². The minimum atomic E-state index is -1.90. The van der Waals surface area contributed by atoms with Crippen LogP contribution in [0.4, 0.5) is 0 Å². The normalized spacial score (nSPS) is 31.5. The number of fused-ring (bicyclic) bond motifs is 2. The molecule has 2 aromatic carbocycles. The molecule has 6 atom stereocenters. The number of benzene rings is 2. The molecule has 2 amide bonds. The van der Waals surface area contributed by atoms with Crippen LogP contribution in [-0.2, 0) is 30.1 Å². The summed E-state index contributed by atoms with van der Waals surface area (Å²) in [5.41, 5.74) is -1.09. The number of hydrogen-bond acceptors (Lipinski definition) is 6. The second kappa shape index (κ2) is 8.44. The number of amides is 2. The van der Waals surface area contributed by atoms with Crippen LogP contribution >= 0.6 is 0 Å². The summed E-state index contributed by atoms with van der Waals surface area (Å²) in [7, 11) is 3.03. The van der Waals surface area contributed by atoms with E-state index in [0.29, 0.717) is 11.1 Å². The van der Waals surface area contributed by atoms with Crippen molar-refractivity contribution in [2.75, 3.05) is 14.2 Å². The molecule has 0 radical (unpaired) electrons. The lowest BCUT2D eigenvalue weighted by atomic mass is 9.53. The van der Waals surface area contributed by atoms with Gasteiger partial charge in [0.25, 0.3) is 0 Å². The number of nitriles is 2. The van der Waals surface area contributed by atoms with E-state index < -0.39 is 35.4 Å². The van der Waals surface area contributed by atoms with Crippen molar-refractivity contribution in [3.8, 4) is 12.1 Å². The van der Waals surface area contributed by atoms with Crippen LogP contribution in [0.1, 0.15) is 60.8 Å². The number of rotatable bonds is 4.